The molecule has 0 atom stereocenters. The number of hydrogen-bond acceptors (Lipinski definition) is 4. The number of Topliss-reactive ketones (excluding diaryl/α,β-unsaturated/α-hetero) is 1. The largest absolute Gasteiger partial charge is 0.489 e. The third-order valence-electron chi connectivity index (χ3n) is 3.70. The highest BCUT2D eigenvalue weighted by Gasteiger charge is 2.21. The maximum atomic E-state index is 12.1. The van der Waals surface area contributed by atoms with E-state index in [1.165, 1.54) is 0 Å². The van der Waals surface area contributed by atoms with E-state index in [1.54, 1.807) is 6.07 Å². The summed E-state index contributed by atoms with van der Waals surface area (Å²) < 4.78 is 11.4. The summed E-state index contributed by atoms with van der Waals surface area (Å²) in [6, 6.07) is 15.3. The maximum absolute atomic E-state index is 12.1. The van der Waals surface area contributed by atoms with Crippen LogP contribution in [0.1, 0.15) is 30.0 Å². The van der Waals surface area contributed by atoms with Crippen LogP contribution >= 0.6 is 0 Å². The molecule has 0 aliphatic heterocycles. The smallest absolute Gasteiger partial charge is 0.202 e. The molecule has 0 amide bonds. The van der Waals surface area contributed by atoms with E-state index in [-0.39, 0.29) is 17.5 Å². The number of nitrogen functional groups attached to an aromatic ring is 1. The molecule has 2 N–H and O–H groups in total. The first-order chi connectivity index (χ1) is 11.1. The summed E-state index contributed by atoms with van der Waals surface area (Å²) >= 11 is 0. The van der Waals surface area contributed by atoms with Gasteiger partial charge in [-0.25, -0.2) is 0 Å². The van der Waals surface area contributed by atoms with Crippen LogP contribution in [0.2, 0.25) is 0 Å². The SMILES string of the molecule is CC(C)C(=O)c1oc2cc(OCc3ccccc3)ccc2c1N. The number of anilines is 1. The van der Waals surface area contributed by atoms with Crippen molar-refractivity contribution < 1.29 is 13.9 Å². The molecule has 4 nitrogen and oxygen atoms in total. The Bertz CT molecular complexity index is 834. The van der Waals surface area contributed by atoms with Gasteiger partial charge in [-0.15, -0.1) is 0 Å². The van der Waals surface area contributed by atoms with E-state index in [2.05, 4.69) is 0 Å². The van der Waals surface area contributed by atoms with Crippen LogP contribution in [0.4, 0.5) is 5.69 Å². The molecule has 1 heterocycles. The number of hydrogen-bond donors (Lipinski definition) is 1. The molecule has 0 saturated heterocycles. The Morgan fingerprint density at radius 2 is 1.91 bits per heavy atom. The molecule has 0 fully saturated rings. The zero-order valence-electron chi connectivity index (χ0n) is 13.2. The third kappa shape index (κ3) is 3.06. The quantitative estimate of drug-likeness (QED) is 0.708. The number of fused-ring (bicyclic) bond motifs is 1. The lowest BCUT2D eigenvalue weighted by Crippen LogP contribution is -2.08. The van der Waals surface area contributed by atoms with Crippen LogP contribution in [0.5, 0.6) is 5.75 Å². The number of nitrogens with two attached hydrogens (primary N) is 1. The number of ether oxygens (including phenoxy) is 1. The van der Waals surface area contributed by atoms with Gasteiger partial charge in [0, 0.05) is 17.4 Å². The van der Waals surface area contributed by atoms with Crippen LogP contribution < -0.4 is 10.5 Å². The minimum atomic E-state index is -0.160. The van der Waals surface area contributed by atoms with Gasteiger partial charge in [0.25, 0.3) is 0 Å². The molecule has 0 aliphatic rings. The Morgan fingerprint density at radius 3 is 2.61 bits per heavy atom. The second kappa shape index (κ2) is 6.16. The first-order valence-corrected chi connectivity index (χ1v) is 7.59. The Hall–Kier alpha value is -2.75. The van der Waals surface area contributed by atoms with Crippen LogP contribution in [0.25, 0.3) is 11.0 Å². The second-order valence-electron chi connectivity index (χ2n) is 5.80. The fourth-order valence-electron chi connectivity index (χ4n) is 2.37. The number of carbonyl (C=O) groups is 1. The van der Waals surface area contributed by atoms with Crippen molar-refractivity contribution in [3.05, 3.63) is 59.9 Å². The van der Waals surface area contributed by atoms with E-state index in [0.717, 1.165) is 10.9 Å². The van der Waals surface area contributed by atoms with Crippen LogP contribution in [-0.2, 0) is 6.61 Å². The van der Waals surface area contributed by atoms with Gasteiger partial charge in [-0.3, -0.25) is 4.79 Å². The van der Waals surface area contributed by atoms with Gasteiger partial charge in [0.15, 0.2) is 5.76 Å². The summed E-state index contributed by atoms with van der Waals surface area (Å²) in [5, 5.41) is 0.737. The number of benzene rings is 2. The molecule has 0 saturated carbocycles. The predicted octanol–water partition coefficient (Wildman–Crippen LogP) is 4.43. The average molecular weight is 309 g/mol. The fraction of sp³-hybridized carbons (Fsp3) is 0.211. The van der Waals surface area contributed by atoms with Crippen molar-refractivity contribution in [2.45, 2.75) is 20.5 Å². The van der Waals surface area contributed by atoms with E-state index < -0.39 is 0 Å². The van der Waals surface area contributed by atoms with Crippen molar-refractivity contribution >= 4 is 22.4 Å². The minimum Gasteiger partial charge on any atom is -0.489 e. The van der Waals surface area contributed by atoms with Gasteiger partial charge in [0.1, 0.15) is 17.9 Å². The number of rotatable bonds is 5. The van der Waals surface area contributed by atoms with Crippen molar-refractivity contribution in [3.8, 4) is 5.75 Å². The average Bonchev–Trinajstić information content (AvgIpc) is 2.89. The molecule has 3 rings (SSSR count). The van der Waals surface area contributed by atoms with Gasteiger partial charge in [-0.1, -0.05) is 44.2 Å². The molecule has 0 bridgehead atoms. The molecule has 0 radical (unpaired) electrons. The van der Waals surface area contributed by atoms with Crippen molar-refractivity contribution in [3.63, 3.8) is 0 Å². The van der Waals surface area contributed by atoms with Crippen LogP contribution in [0.15, 0.2) is 52.9 Å². The minimum absolute atomic E-state index is 0.0922. The molecule has 0 unspecified atom stereocenters. The van der Waals surface area contributed by atoms with E-state index in [0.29, 0.717) is 23.6 Å². The van der Waals surface area contributed by atoms with E-state index in [9.17, 15) is 4.79 Å². The predicted molar refractivity (Wildman–Crippen MR) is 90.6 cm³/mol. The van der Waals surface area contributed by atoms with E-state index in [1.807, 2.05) is 56.3 Å². The highest BCUT2D eigenvalue weighted by Crippen LogP contribution is 2.32. The summed E-state index contributed by atoms with van der Waals surface area (Å²) in [7, 11) is 0. The highest BCUT2D eigenvalue weighted by molar-refractivity contribution is 6.07. The molecular formula is C19H19NO3. The zero-order valence-corrected chi connectivity index (χ0v) is 13.2. The lowest BCUT2D eigenvalue weighted by atomic mass is 10.1. The Morgan fingerprint density at radius 1 is 1.17 bits per heavy atom. The number of ketones is 1. The first kappa shape index (κ1) is 15.2. The van der Waals surface area contributed by atoms with Gasteiger partial charge >= 0.3 is 0 Å². The lowest BCUT2D eigenvalue weighted by molar-refractivity contribution is 0.0915. The standard InChI is InChI=1S/C19H19NO3/c1-12(2)18(21)19-17(20)15-9-8-14(10-16(15)23-19)22-11-13-6-4-3-5-7-13/h3-10,12H,11,20H2,1-2H3. The van der Waals surface area contributed by atoms with Crippen LogP contribution in [0.3, 0.4) is 0 Å². The summed E-state index contributed by atoms with van der Waals surface area (Å²) in [6.07, 6.45) is 0. The molecule has 3 aromatic rings. The third-order valence-corrected chi connectivity index (χ3v) is 3.70. The Balaban J connectivity index is 1.86. The Labute approximate surface area is 134 Å². The summed E-state index contributed by atoms with van der Waals surface area (Å²) in [6.45, 7) is 4.12. The molecule has 118 valence electrons. The number of carbonyl (C=O) groups excluding carboxylic acids is 1. The van der Waals surface area contributed by atoms with Crippen LogP contribution in [-0.4, -0.2) is 5.78 Å². The maximum Gasteiger partial charge on any atom is 0.202 e. The fourth-order valence-corrected chi connectivity index (χ4v) is 2.37. The molecule has 1 aromatic heterocycles. The monoisotopic (exact) mass is 309 g/mol. The summed E-state index contributed by atoms with van der Waals surface area (Å²) in [4.78, 5) is 12.1. The van der Waals surface area contributed by atoms with Crippen molar-refractivity contribution in [2.75, 3.05) is 5.73 Å². The van der Waals surface area contributed by atoms with Gasteiger partial charge in [-0.2, -0.15) is 0 Å². The van der Waals surface area contributed by atoms with Gasteiger partial charge in [0.05, 0.1) is 5.69 Å². The summed E-state index contributed by atoms with van der Waals surface area (Å²) in [5.74, 6) is 0.658. The van der Waals surface area contributed by atoms with Crippen molar-refractivity contribution in [1.29, 1.82) is 0 Å². The number of furan rings is 1. The molecule has 2 aromatic carbocycles. The van der Waals surface area contributed by atoms with Gasteiger partial charge in [-0.05, 0) is 17.7 Å². The van der Waals surface area contributed by atoms with Crippen molar-refractivity contribution in [2.24, 2.45) is 5.92 Å². The molecule has 4 heteroatoms. The topological polar surface area (TPSA) is 65.5 Å². The lowest BCUT2D eigenvalue weighted by Gasteiger charge is -2.05. The molecule has 0 spiro atoms. The van der Waals surface area contributed by atoms with E-state index >= 15 is 0 Å². The van der Waals surface area contributed by atoms with Gasteiger partial charge < -0.3 is 14.9 Å². The van der Waals surface area contributed by atoms with Crippen LogP contribution in [0, 0.1) is 5.92 Å². The molecule has 0 aliphatic carbocycles. The highest BCUT2D eigenvalue weighted by atomic mass is 16.5. The Kier molecular flexibility index (Phi) is 4.06. The molecular weight excluding hydrogens is 290 g/mol. The first-order valence-electron chi connectivity index (χ1n) is 7.59. The normalized spacial score (nSPS) is 11.1. The molecule has 23 heavy (non-hydrogen) atoms. The van der Waals surface area contributed by atoms with Gasteiger partial charge in [0.2, 0.25) is 5.78 Å². The van der Waals surface area contributed by atoms with E-state index in [4.69, 9.17) is 14.9 Å². The summed E-state index contributed by atoms with van der Waals surface area (Å²) in [5.41, 5.74) is 8.09. The zero-order chi connectivity index (χ0) is 16.4. The second-order valence-corrected chi connectivity index (χ2v) is 5.80. The van der Waals surface area contributed by atoms with Crippen molar-refractivity contribution in [1.82, 2.24) is 0 Å².